The van der Waals surface area contributed by atoms with Crippen LogP contribution < -0.4 is 0 Å². The molecule has 0 saturated carbocycles. The maximum Gasteiger partial charge on any atom is 0.0355 e. The topological polar surface area (TPSA) is 0 Å². The van der Waals surface area contributed by atoms with Crippen molar-refractivity contribution in [3.8, 4) is 22.3 Å². The molecular formula is C28H22S. The summed E-state index contributed by atoms with van der Waals surface area (Å²) in [5, 5.41) is 2.72. The van der Waals surface area contributed by atoms with Crippen molar-refractivity contribution in [3.63, 3.8) is 0 Å². The first-order valence-corrected chi connectivity index (χ1v) is 11.0. The number of aryl methyl sites for hydroxylation is 1. The van der Waals surface area contributed by atoms with E-state index in [4.69, 9.17) is 0 Å². The maximum atomic E-state index is 2.42. The van der Waals surface area contributed by atoms with Crippen molar-refractivity contribution in [3.05, 3.63) is 95.6 Å². The van der Waals surface area contributed by atoms with Crippen molar-refractivity contribution in [1.29, 1.82) is 0 Å². The normalized spacial score (nSPS) is 14.3. The average molecular weight is 391 g/mol. The Balaban J connectivity index is 1.54. The van der Waals surface area contributed by atoms with Crippen LogP contribution in [0.1, 0.15) is 30.5 Å². The summed E-state index contributed by atoms with van der Waals surface area (Å²) in [6.45, 7) is 6.90. The lowest BCUT2D eigenvalue weighted by Crippen LogP contribution is -2.15. The van der Waals surface area contributed by atoms with Gasteiger partial charge in [-0.05, 0) is 64.6 Å². The average Bonchev–Trinajstić information content (AvgIpc) is 3.20. The van der Waals surface area contributed by atoms with E-state index in [1.165, 1.54) is 59.1 Å². The van der Waals surface area contributed by atoms with Crippen molar-refractivity contribution in [2.75, 3.05) is 0 Å². The third kappa shape index (κ3) is 2.37. The van der Waals surface area contributed by atoms with Crippen LogP contribution >= 0.6 is 11.3 Å². The summed E-state index contributed by atoms with van der Waals surface area (Å²) in [4.78, 5) is 0. The zero-order valence-corrected chi connectivity index (χ0v) is 17.7. The molecule has 140 valence electrons. The molecule has 0 aliphatic heterocycles. The first-order valence-electron chi connectivity index (χ1n) is 10.2. The number of hydrogen-bond donors (Lipinski definition) is 0. The van der Waals surface area contributed by atoms with Crippen LogP contribution in [0.2, 0.25) is 0 Å². The van der Waals surface area contributed by atoms with Crippen molar-refractivity contribution < 1.29 is 0 Å². The van der Waals surface area contributed by atoms with Crippen molar-refractivity contribution in [2.24, 2.45) is 0 Å². The molecule has 1 aliphatic carbocycles. The van der Waals surface area contributed by atoms with Crippen molar-refractivity contribution in [2.45, 2.75) is 26.2 Å². The van der Waals surface area contributed by atoms with E-state index in [-0.39, 0.29) is 5.41 Å². The summed E-state index contributed by atoms with van der Waals surface area (Å²) >= 11 is 1.88. The number of rotatable bonds is 1. The molecule has 0 atom stereocenters. The molecule has 0 radical (unpaired) electrons. The van der Waals surface area contributed by atoms with Gasteiger partial charge in [0.15, 0.2) is 0 Å². The molecule has 6 rings (SSSR count). The third-order valence-corrected chi connectivity index (χ3v) is 7.69. The van der Waals surface area contributed by atoms with Crippen LogP contribution in [0.25, 0.3) is 42.4 Å². The number of thiophene rings is 1. The van der Waals surface area contributed by atoms with Crippen LogP contribution in [0, 0.1) is 6.92 Å². The largest absolute Gasteiger partial charge is 0.135 e. The van der Waals surface area contributed by atoms with Gasteiger partial charge in [0.25, 0.3) is 0 Å². The molecule has 1 heteroatoms. The minimum absolute atomic E-state index is 0.0336. The lowest BCUT2D eigenvalue weighted by Gasteiger charge is -2.22. The van der Waals surface area contributed by atoms with Gasteiger partial charge in [-0.25, -0.2) is 0 Å². The van der Waals surface area contributed by atoms with Crippen LogP contribution in [0.3, 0.4) is 0 Å². The number of benzene rings is 4. The Kier molecular flexibility index (Phi) is 3.40. The second-order valence-electron chi connectivity index (χ2n) is 8.74. The molecule has 1 heterocycles. The van der Waals surface area contributed by atoms with Crippen LogP contribution in [0.5, 0.6) is 0 Å². The molecule has 0 amide bonds. The fraction of sp³-hybridized carbons (Fsp3) is 0.143. The predicted molar refractivity (Wildman–Crippen MR) is 127 cm³/mol. The van der Waals surface area contributed by atoms with Crippen LogP contribution in [-0.4, -0.2) is 0 Å². The molecule has 4 aromatic carbocycles. The fourth-order valence-electron chi connectivity index (χ4n) is 4.94. The standard InChI is InChI=1S/C28H22S/c1-17-8-11-20-21-12-9-19(16-25(21)28(2,3)24(20)14-17)18-10-13-27-23(15-18)22-6-4-5-7-26(22)29-27/h4-16H,1-3H3. The summed E-state index contributed by atoms with van der Waals surface area (Å²) in [5.41, 5.74) is 9.63. The number of fused-ring (bicyclic) bond motifs is 6. The first kappa shape index (κ1) is 17.0. The van der Waals surface area contributed by atoms with Crippen LogP contribution in [-0.2, 0) is 5.41 Å². The monoisotopic (exact) mass is 390 g/mol. The Labute approximate surface area is 175 Å². The summed E-state index contributed by atoms with van der Waals surface area (Å²) in [7, 11) is 0. The van der Waals surface area contributed by atoms with E-state index >= 15 is 0 Å². The third-order valence-electron chi connectivity index (χ3n) is 6.54. The molecule has 0 unspecified atom stereocenters. The van der Waals surface area contributed by atoms with Gasteiger partial charge < -0.3 is 0 Å². The van der Waals surface area contributed by atoms with E-state index in [2.05, 4.69) is 99.6 Å². The van der Waals surface area contributed by atoms with E-state index in [9.17, 15) is 0 Å². The SMILES string of the molecule is Cc1ccc2c(c1)C(C)(C)c1cc(-c3ccc4sc5ccccc5c4c3)ccc1-2. The fourth-order valence-corrected chi connectivity index (χ4v) is 6.02. The Morgan fingerprint density at radius 3 is 2.14 bits per heavy atom. The van der Waals surface area contributed by atoms with Gasteiger partial charge in [-0.2, -0.15) is 0 Å². The zero-order chi connectivity index (χ0) is 19.8. The van der Waals surface area contributed by atoms with Gasteiger partial charge in [0.05, 0.1) is 0 Å². The zero-order valence-electron chi connectivity index (χ0n) is 16.9. The maximum absolute atomic E-state index is 2.42. The van der Waals surface area contributed by atoms with E-state index in [0.717, 1.165) is 0 Å². The van der Waals surface area contributed by atoms with Gasteiger partial charge in [-0.1, -0.05) is 74.0 Å². The molecule has 0 saturated heterocycles. The summed E-state index contributed by atoms with van der Waals surface area (Å²) in [5.74, 6) is 0. The summed E-state index contributed by atoms with van der Waals surface area (Å²) < 4.78 is 2.72. The Morgan fingerprint density at radius 1 is 0.621 bits per heavy atom. The molecule has 0 N–H and O–H groups in total. The number of hydrogen-bond acceptors (Lipinski definition) is 1. The Morgan fingerprint density at radius 2 is 1.28 bits per heavy atom. The van der Waals surface area contributed by atoms with Crippen LogP contribution in [0.4, 0.5) is 0 Å². The molecular weight excluding hydrogens is 368 g/mol. The highest BCUT2D eigenvalue weighted by Gasteiger charge is 2.35. The Hall–Kier alpha value is -2.90. The van der Waals surface area contributed by atoms with Crippen LogP contribution in [0.15, 0.2) is 78.9 Å². The lowest BCUT2D eigenvalue weighted by atomic mass is 9.81. The van der Waals surface area contributed by atoms with Gasteiger partial charge in [0, 0.05) is 25.6 Å². The lowest BCUT2D eigenvalue weighted by molar-refractivity contribution is 0.660. The highest BCUT2D eigenvalue weighted by molar-refractivity contribution is 7.25. The van der Waals surface area contributed by atoms with Crippen molar-refractivity contribution >= 4 is 31.5 Å². The second-order valence-corrected chi connectivity index (χ2v) is 9.83. The van der Waals surface area contributed by atoms with E-state index < -0.39 is 0 Å². The van der Waals surface area contributed by atoms with Gasteiger partial charge in [-0.3, -0.25) is 0 Å². The molecule has 29 heavy (non-hydrogen) atoms. The first-order chi connectivity index (χ1) is 14.0. The molecule has 0 nitrogen and oxygen atoms in total. The predicted octanol–water partition coefficient (Wildman–Crippen LogP) is 8.34. The molecule has 0 spiro atoms. The van der Waals surface area contributed by atoms with E-state index in [1.54, 1.807) is 0 Å². The highest BCUT2D eigenvalue weighted by Crippen LogP contribution is 2.50. The molecule has 0 bridgehead atoms. The van der Waals surface area contributed by atoms with Crippen molar-refractivity contribution in [1.82, 2.24) is 0 Å². The summed E-state index contributed by atoms with van der Waals surface area (Å²) in [6, 6.07) is 29.6. The quantitative estimate of drug-likeness (QED) is 0.270. The second kappa shape index (κ2) is 5.81. The molecule has 1 aliphatic rings. The smallest absolute Gasteiger partial charge is 0.0355 e. The minimum atomic E-state index is 0.0336. The highest BCUT2D eigenvalue weighted by atomic mass is 32.1. The summed E-state index contributed by atoms with van der Waals surface area (Å²) in [6.07, 6.45) is 0. The van der Waals surface area contributed by atoms with Gasteiger partial charge in [0.1, 0.15) is 0 Å². The minimum Gasteiger partial charge on any atom is -0.135 e. The van der Waals surface area contributed by atoms with E-state index in [1.807, 2.05) is 11.3 Å². The van der Waals surface area contributed by atoms with Gasteiger partial charge in [0.2, 0.25) is 0 Å². The van der Waals surface area contributed by atoms with Gasteiger partial charge in [-0.15, -0.1) is 11.3 Å². The molecule has 1 aromatic heterocycles. The van der Waals surface area contributed by atoms with Gasteiger partial charge >= 0.3 is 0 Å². The molecule has 5 aromatic rings. The Bertz CT molecular complexity index is 1430. The molecule has 0 fully saturated rings. The van der Waals surface area contributed by atoms with E-state index in [0.29, 0.717) is 0 Å².